The zero-order valence-corrected chi connectivity index (χ0v) is 16.3. The van der Waals surface area contributed by atoms with E-state index in [1.807, 2.05) is 42.5 Å². The molecule has 4 aromatic rings. The SMILES string of the molecule is Clc1ccccc1C1CCCN1c1cc(Nc2cc(-c3ccco3)[nH]n2)ncn1. The van der Waals surface area contributed by atoms with E-state index in [1.165, 1.54) is 0 Å². The fourth-order valence-electron chi connectivity index (χ4n) is 3.76. The average molecular weight is 407 g/mol. The largest absolute Gasteiger partial charge is 0.463 e. The molecule has 0 amide bonds. The Balaban J connectivity index is 1.38. The van der Waals surface area contributed by atoms with Crippen molar-refractivity contribution >= 4 is 29.1 Å². The Morgan fingerprint density at radius 3 is 2.90 bits per heavy atom. The minimum atomic E-state index is 0.211. The molecule has 0 bridgehead atoms. The summed E-state index contributed by atoms with van der Waals surface area (Å²) < 4.78 is 5.39. The van der Waals surface area contributed by atoms with Crippen molar-refractivity contribution in [1.82, 2.24) is 20.2 Å². The van der Waals surface area contributed by atoms with Crippen LogP contribution >= 0.6 is 11.6 Å². The summed E-state index contributed by atoms with van der Waals surface area (Å²) in [5.41, 5.74) is 1.93. The molecule has 2 N–H and O–H groups in total. The second-order valence-electron chi connectivity index (χ2n) is 6.90. The number of benzene rings is 1. The quantitative estimate of drug-likeness (QED) is 0.474. The molecule has 0 aliphatic carbocycles. The third-order valence-electron chi connectivity index (χ3n) is 5.08. The highest BCUT2D eigenvalue weighted by atomic mass is 35.5. The lowest BCUT2D eigenvalue weighted by molar-refractivity contribution is 0.580. The molecule has 1 aromatic carbocycles. The van der Waals surface area contributed by atoms with E-state index in [0.717, 1.165) is 47.2 Å². The molecule has 146 valence electrons. The van der Waals surface area contributed by atoms with Gasteiger partial charge in [0.05, 0.1) is 12.3 Å². The number of halogens is 1. The lowest BCUT2D eigenvalue weighted by atomic mass is 10.0. The van der Waals surface area contributed by atoms with Crippen LogP contribution in [0.15, 0.2) is 65.5 Å². The van der Waals surface area contributed by atoms with Gasteiger partial charge in [0.2, 0.25) is 0 Å². The first-order valence-electron chi connectivity index (χ1n) is 9.47. The number of H-pyrrole nitrogens is 1. The monoisotopic (exact) mass is 406 g/mol. The fraction of sp³-hybridized carbons (Fsp3) is 0.190. The van der Waals surface area contributed by atoms with Gasteiger partial charge in [-0.05, 0) is 36.6 Å². The second kappa shape index (κ2) is 7.60. The molecule has 0 radical (unpaired) electrons. The highest BCUT2D eigenvalue weighted by molar-refractivity contribution is 6.31. The van der Waals surface area contributed by atoms with Gasteiger partial charge >= 0.3 is 0 Å². The molecule has 1 saturated heterocycles. The van der Waals surface area contributed by atoms with Crippen molar-refractivity contribution in [3.8, 4) is 11.5 Å². The van der Waals surface area contributed by atoms with Crippen LogP contribution in [0.25, 0.3) is 11.5 Å². The second-order valence-corrected chi connectivity index (χ2v) is 7.31. The summed E-state index contributed by atoms with van der Waals surface area (Å²) in [7, 11) is 0. The van der Waals surface area contributed by atoms with Crippen molar-refractivity contribution in [1.29, 1.82) is 0 Å². The number of aromatic nitrogens is 4. The summed E-state index contributed by atoms with van der Waals surface area (Å²) in [6.45, 7) is 0.928. The Bertz CT molecular complexity index is 1110. The Kier molecular flexibility index (Phi) is 4.65. The van der Waals surface area contributed by atoms with Crippen LogP contribution < -0.4 is 10.2 Å². The number of hydrogen-bond donors (Lipinski definition) is 2. The van der Waals surface area contributed by atoms with E-state index in [-0.39, 0.29) is 6.04 Å². The van der Waals surface area contributed by atoms with Gasteiger partial charge in [-0.3, -0.25) is 5.10 Å². The highest BCUT2D eigenvalue weighted by Gasteiger charge is 2.28. The predicted molar refractivity (Wildman–Crippen MR) is 112 cm³/mol. The van der Waals surface area contributed by atoms with Crippen LogP contribution in [0.4, 0.5) is 17.5 Å². The number of nitrogens with zero attached hydrogens (tertiary/aromatic N) is 4. The minimum absolute atomic E-state index is 0.211. The average Bonchev–Trinajstić information content (AvgIpc) is 3.50. The van der Waals surface area contributed by atoms with E-state index in [2.05, 4.69) is 36.4 Å². The van der Waals surface area contributed by atoms with Gasteiger partial charge in [-0.1, -0.05) is 29.8 Å². The van der Waals surface area contributed by atoms with Crippen molar-refractivity contribution < 1.29 is 4.42 Å². The summed E-state index contributed by atoms with van der Waals surface area (Å²) in [6.07, 6.45) is 5.34. The minimum Gasteiger partial charge on any atom is -0.463 e. The van der Waals surface area contributed by atoms with Gasteiger partial charge in [-0.15, -0.1) is 0 Å². The van der Waals surface area contributed by atoms with Gasteiger partial charge in [0.15, 0.2) is 11.6 Å². The molecule has 4 heterocycles. The number of anilines is 3. The molecular formula is C21H19ClN6O. The van der Waals surface area contributed by atoms with Crippen LogP contribution in [0.3, 0.4) is 0 Å². The van der Waals surface area contributed by atoms with Crippen molar-refractivity contribution in [2.45, 2.75) is 18.9 Å². The molecule has 1 fully saturated rings. The third kappa shape index (κ3) is 3.56. The van der Waals surface area contributed by atoms with E-state index in [4.69, 9.17) is 16.0 Å². The van der Waals surface area contributed by atoms with Gasteiger partial charge in [-0.2, -0.15) is 5.10 Å². The first-order valence-corrected chi connectivity index (χ1v) is 9.85. The number of hydrogen-bond acceptors (Lipinski definition) is 6. The van der Waals surface area contributed by atoms with Gasteiger partial charge in [-0.25, -0.2) is 9.97 Å². The number of nitrogens with one attached hydrogen (secondary N) is 2. The first kappa shape index (κ1) is 17.8. The van der Waals surface area contributed by atoms with E-state index < -0.39 is 0 Å². The molecule has 3 aromatic heterocycles. The Morgan fingerprint density at radius 1 is 1.10 bits per heavy atom. The highest BCUT2D eigenvalue weighted by Crippen LogP contribution is 2.38. The molecule has 5 rings (SSSR count). The molecule has 8 heteroatoms. The Labute approximate surface area is 172 Å². The van der Waals surface area contributed by atoms with Crippen molar-refractivity contribution in [3.63, 3.8) is 0 Å². The molecule has 1 aliphatic rings. The zero-order chi connectivity index (χ0) is 19.6. The van der Waals surface area contributed by atoms with Crippen LogP contribution in [0.1, 0.15) is 24.4 Å². The van der Waals surface area contributed by atoms with Crippen molar-refractivity contribution in [3.05, 3.63) is 71.7 Å². The van der Waals surface area contributed by atoms with Gasteiger partial charge in [0.25, 0.3) is 0 Å². The van der Waals surface area contributed by atoms with E-state index in [9.17, 15) is 0 Å². The van der Waals surface area contributed by atoms with Crippen LogP contribution in [0.2, 0.25) is 5.02 Å². The van der Waals surface area contributed by atoms with Crippen molar-refractivity contribution in [2.24, 2.45) is 0 Å². The lowest BCUT2D eigenvalue weighted by Gasteiger charge is -2.26. The lowest BCUT2D eigenvalue weighted by Crippen LogP contribution is -2.24. The molecule has 1 atom stereocenters. The number of rotatable bonds is 5. The molecular weight excluding hydrogens is 388 g/mol. The Hall–Kier alpha value is -3.32. The van der Waals surface area contributed by atoms with E-state index >= 15 is 0 Å². The van der Waals surface area contributed by atoms with Crippen LogP contribution in [-0.4, -0.2) is 26.7 Å². The maximum atomic E-state index is 6.45. The zero-order valence-electron chi connectivity index (χ0n) is 15.5. The topological polar surface area (TPSA) is 82.9 Å². The summed E-state index contributed by atoms with van der Waals surface area (Å²) in [5, 5.41) is 11.3. The molecule has 7 nitrogen and oxygen atoms in total. The van der Waals surface area contributed by atoms with Gasteiger partial charge in [0.1, 0.15) is 23.7 Å². The summed E-state index contributed by atoms with van der Waals surface area (Å²) in [4.78, 5) is 11.1. The van der Waals surface area contributed by atoms with Crippen LogP contribution in [-0.2, 0) is 0 Å². The smallest absolute Gasteiger partial charge is 0.154 e. The van der Waals surface area contributed by atoms with Crippen LogP contribution in [0, 0.1) is 0 Å². The van der Waals surface area contributed by atoms with Gasteiger partial charge in [0, 0.05) is 23.7 Å². The molecule has 0 saturated carbocycles. The number of aromatic amines is 1. The van der Waals surface area contributed by atoms with Gasteiger partial charge < -0.3 is 14.6 Å². The van der Waals surface area contributed by atoms with Crippen LogP contribution in [0.5, 0.6) is 0 Å². The van der Waals surface area contributed by atoms with E-state index in [1.54, 1.807) is 12.6 Å². The summed E-state index contributed by atoms with van der Waals surface area (Å²) >= 11 is 6.45. The number of furan rings is 1. The molecule has 1 aliphatic heterocycles. The molecule has 0 spiro atoms. The molecule has 29 heavy (non-hydrogen) atoms. The summed E-state index contributed by atoms with van der Waals surface area (Å²) in [5.74, 6) is 2.93. The maximum Gasteiger partial charge on any atom is 0.154 e. The predicted octanol–water partition coefficient (Wildman–Crippen LogP) is 5.20. The fourth-order valence-corrected chi connectivity index (χ4v) is 4.02. The first-order chi connectivity index (χ1) is 14.3. The third-order valence-corrected chi connectivity index (χ3v) is 5.43. The van der Waals surface area contributed by atoms with Crippen molar-refractivity contribution in [2.75, 3.05) is 16.8 Å². The summed E-state index contributed by atoms with van der Waals surface area (Å²) in [6, 6.07) is 15.8. The maximum absolute atomic E-state index is 6.45. The molecule has 1 unspecified atom stereocenters. The normalized spacial score (nSPS) is 16.3. The standard InChI is InChI=1S/C21H19ClN6O/c22-15-6-2-1-5-14(15)17-7-3-9-28(17)21-12-19(23-13-24-21)25-20-11-16(26-27-20)18-8-4-10-29-18/h1-2,4-6,8,10-13,17H,3,7,9H2,(H2,23,24,25,26,27). The van der Waals surface area contributed by atoms with E-state index in [0.29, 0.717) is 11.6 Å². The Morgan fingerprint density at radius 2 is 2.03 bits per heavy atom.